The van der Waals surface area contributed by atoms with Crippen molar-refractivity contribution < 1.29 is 17.9 Å². The number of ether oxygens (including phenoxy) is 1. The van der Waals surface area contributed by atoms with Crippen molar-refractivity contribution in [3.05, 3.63) is 24.3 Å². The number of anilines is 2. The van der Waals surface area contributed by atoms with Crippen LogP contribution in [0.15, 0.2) is 24.3 Å². The van der Waals surface area contributed by atoms with Gasteiger partial charge in [-0.1, -0.05) is 12.1 Å². The molecule has 0 aliphatic rings. The lowest BCUT2D eigenvalue weighted by Gasteiger charge is -2.12. The first-order valence-electron chi connectivity index (χ1n) is 5.76. The highest BCUT2D eigenvalue weighted by atomic mass is 32.2. The van der Waals surface area contributed by atoms with Gasteiger partial charge in [-0.15, -0.1) is 0 Å². The van der Waals surface area contributed by atoms with Crippen LogP contribution >= 0.6 is 0 Å². The smallest absolute Gasteiger partial charge is 0.250 e. The molecule has 0 bridgehead atoms. The quantitative estimate of drug-likeness (QED) is 0.828. The zero-order chi connectivity index (χ0) is 14.5. The summed E-state index contributed by atoms with van der Waals surface area (Å²) in [6.07, 6.45) is 1.00. The van der Waals surface area contributed by atoms with E-state index >= 15 is 0 Å². The first kappa shape index (κ1) is 15.5. The monoisotopic (exact) mass is 286 g/mol. The van der Waals surface area contributed by atoms with Gasteiger partial charge in [-0.3, -0.25) is 9.52 Å². The Balaban J connectivity index is 2.75. The third-order valence-corrected chi connectivity index (χ3v) is 2.63. The van der Waals surface area contributed by atoms with Crippen molar-refractivity contribution in [2.75, 3.05) is 22.9 Å². The van der Waals surface area contributed by atoms with Gasteiger partial charge in [0.25, 0.3) is 0 Å². The van der Waals surface area contributed by atoms with E-state index < -0.39 is 10.0 Å². The van der Waals surface area contributed by atoms with E-state index in [1.165, 1.54) is 0 Å². The Kier molecular flexibility index (Phi) is 5.31. The lowest BCUT2D eigenvalue weighted by molar-refractivity contribution is -0.121. The third kappa shape index (κ3) is 6.21. The summed E-state index contributed by atoms with van der Waals surface area (Å²) < 4.78 is 29.9. The number of rotatable bonds is 6. The molecule has 0 fully saturated rings. The number of carbonyl (C=O) groups excluding carboxylic acids is 1. The minimum atomic E-state index is -3.39. The Morgan fingerprint density at radius 1 is 1.26 bits per heavy atom. The number of para-hydroxylation sites is 2. The minimum Gasteiger partial charge on any atom is -0.369 e. The number of benzene rings is 1. The van der Waals surface area contributed by atoms with Crippen LogP contribution in [0, 0.1) is 0 Å². The molecule has 106 valence electrons. The molecule has 0 spiro atoms. The number of hydrogen-bond donors (Lipinski definition) is 2. The second kappa shape index (κ2) is 6.53. The summed E-state index contributed by atoms with van der Waals surface area (Å²) in [6, 6.07) is 6.56. The van der Waals surface area contributed by atoms with E-state index in [9.17, 15) is 13.2 Å². The van der Waals surface area contributed by atoms with Crippen molar-refractivity contribution in [3.63, 3.8) is 0 Å². The molecule has 1 aromatic rings. The summed E-state index contributed by atoms with van der Waals surface area (Å²) in [5.74, 6) is -0.337. The van der Waals surface area contributed by atoms with Crippen LogP contribution in [0.25, 0.3) is 0 Å². The van der Waals surface area contributed by atoms with Gasteiger partial charge in [-0.25, -0.2) is 8.42 Å². The van der Waals surface area contributed by atoms with E-state index in [1.54, 1.807) is 24.3 Å². The summed E-state index contributed by atoms with van der Waals surface area (Å²) in [6.45, 7) is 3.57. The fourth-order valence-corrected chi connectivity index (χ4v) is 1.89. The molecule has 0 aliphatic heterocycles. The molecule has 19 heavy (non-hydrogen) atoms. The van der Waals surface area contributed by atoms with Gasteiger partial charge >= 0.3 is 0 Å². The maximum Gasteiger partial charge on any atom is 0.250 e. The highest BCUT2D eigenvalue weighted by Gasteiger charge is 2.10. The van der Waals surface area contributed by atoms with Crippen LogP contribution in [0.1, 0.15) is 13.8 Å². The summed E-state index contributed by atoms with van der Waals surface area (Å²) in [5.41, 5.74) is 0.716. The fraction of sp³-hybridized carbons (Fsp3) is 0.417. The second-order valence-corrected chi connectivity index (χ2v) is 6.08. The van der Waals surface area contributed by atoms with Crippen molar-refractivity contribution in [1.29, 1.82) is 0 Å². The van der Waals surface area contributed by atoms with E-state index in [0.29, 0.717) is 11.4 Å². The van der Waals surface area contributed by atoms with E-state index in [4.69, 9.17) is 4.74 Å². The molecule has 0 saturated heterocycles. The van der Waals surface area contributed by atoms with Crippen molar-refractivity contribution in [2.45, 2.75) is 20.0 Å². The Morgan fingerprint density at radius 2 is 1.84 bits per heavy atom. The van der Waals surface area contributed by atoms with E-state index in [2.05, 4.69) is 10.0 Å². The normalized spacial score (nSPS) is 11.4. The maximum absolute atomic E-state index is 11.6. The Bertz CT molecular complexity index is 540. The Morgan fingerprint density at radius 3 is 2.37 bits per heavy atom. The van der Waals surface area contributed by atoms with Gasteiger partial charge < -0.3 is 10.1 Å². The highest BCUT2D eigenvalue weighted by molar-refractivity contribution is 7.92. The van der Waals surface area contributed by atoms with Gasteiger partial charge in [0.05, 0.1) is 23.7 Å². The maximum atomic E-state index is 11.6. The molecular weight excluding hydrogens is 268 g/mol. The molecule has 0 saturated carbocycles. The predicted molar refractivity (Wildman–Crippen MR) is 74.6 cm³/mol. The molecule has 0 aromatic heterocycles. The molecule has 6 nitrogen and oxygen atoms in total. The number of amides is 1. The van der Waals surface area contributed by atoms with Crippen LogP contribution in [0.2, 0.25) is 0 Å². The number of sulfonamides is 1. The summed E-state index contributed by atoms with van der Waals surface area (Å²) in [7, 11) is -3.39. The molecule has 0 atom stereocenters. The summed E-state index contributed by atoms with van der Waals surface area (Å²) in [5, 5.41) is 2.60. The first-order chi connectivity index (χ1) is 8.78. The van der Waals surface area contributed by atoms with Crippen molar-refractivity contribution in [2.24, 2.45) is 0 Å². The average molecular weight is 286 g/mol. The number of hydrogen-bond acceptors (Lipinski definition) is 4. The van der Waals surface area contributed by atoms with Crippen molar-refractivity contribution in [1.82, 2.24) is 0 Å². The topological polar surface area (TPSA) is 84.5 Å². The minimum absolute atomic E-state index is 0.0462. The number of nitrogens with one attached hydrogen (secondary N) is 2. The first-order valence-corrected chi connectivity index (χ1v) is 7.65. The molecule has 2 N–H and O–H groups in total. The summed E-state index contributed by atoms with van der Waals surface area (Å²) >= 11 is 0. The fourth-order valence-electron chi connectivity index (χ4n) is 1.31. The molecule has 0 aliphatic carbocycles. The summed E-state index contributed by atoms with van der Waals surface area (Å²) in [4.78, 5) is 11.6. The molecule has 0 heterocycles. The van der Waals surface area contributed by atoms with Crippen molar-refractivity contribution >= 4 is 27.3 Å². The van der Waals surface area contributed by atoms with Gasteiger partial charge in [-0.2, -0.15) is 0 Å². The molecule has 0 unspecified atom stereocenters. The molecule has 1 aromatic carbocycles. The molecule has 0 radical (unpaired) electrons. The van der Waals surface area contributed by atoms with Crippen LogP contribution in [0.5, 0.6) is 0 Å². The van der Waals surface area contributed by atoms with Gasteiger partial charge in [0.1, 0.15) is 6.61 Å². The van der Waals surface area contributed by atoms with Crippen molar-refractivity contribution in [3.8, 4) is 0 Å². The highest BCUT2D eigenvalue weighted by Crippen LogP contribution is 2.21. The lowest BCUT2D eigenvalue weighted by atomic mass is 10.2. The van der Waals surface area contributed by atoms with Gasteiger partial charge in [0, 0.05) is 0 Å². The zero-order valence-electron chi connectivity index (χ0n) is 11.1. The van der Waals surface area contributed by atoms with E-state index in [0.717, 1.165) is 6.26 Å². The van der Waals surface area contributed by atoms with Crippen LogP contribution in [-0.2, 0) is 19.6 Å². The molecule has 7 heteroatoms. The standard InChI is InChI=1S/C12H18N2O4S/c1-9(2)18-8-12(15)13-10-6-4-5-7-11(10)14-19(3,16)17/h4-7,9,14H,8H2,1-3H3,(H,13,15). The molecule has 1 rings (SSSR count). The largest absolute Gasteiger partial charge is 0.369 e. The van der Waals surface area contributed by atoms with Crippen LogP contribution in [0.4, 0.5) is 11.4 Å². The van der Waals surface area contributed by atoms with Gasteiger partial charge in [0.15, 0.2) is 0 Å². The predicted octanol–water partition coefficient (Wildman–Crippen LogP) is 1.42. The zero-order valence-corrected chi connectivity index (χ0v) is 12.0. The van der Waals surface area contributed by atoms with Crippen LogP contribution in [-0.4, -0.2) is 33.3 Å². The lowest BCUT2D eigenvalue weighted by Crippen LogP contribution is -2.21. The van der Waals surface area contributed by atoms with Gasteiger partial charge in [0.2, 0.25) is 15.9 Å². The second-order valence-electron chi connectivity index (χ2n) is 4.33. The third-order valence-electron chi connectivity index (χ3n) is 2.04. The van der Waals surface area contributed by atoms with Gasteiger partial charge in [-0.05, 0) is 26.0 Å². The number of carbonyl (C=O) groups is 1. The average Bonchev–Trinajstić information content (AvgIpc) is 2.27. The molecule has 1 amide bonds. The molecular formula is C12H18N2O4S. The van der Waals surface area contributed by atoms with Crippen LogP contribution in [0.3, 0.4) is 0 Å². The Labute approximate surface area is 113 Å². The Hall–Kier alpha value is -1.60. The van der Waals surface area contributed by atoms with Crippen LogP contribution < -0.4 is 10.0 Å². The van der Waals surface area contributed by atoms with E-state index in [1.807, 2.05) is 13.8 Å². The SMILES string of the molecule is CC(C)OCC(=O)Nc1ccccc1NS(C)(=O)=O. The van der Waals surface area contributed by atoms with E-state index in [-0.39, 0.29) is 18.6 Å².